The summed E-state index contributed by atoms with van der Waals surface area (Å²) in [6, 6.07) is 3.44. The predicted octanol–water partition coefficient (Wildman–Crippen LogP) is 2.65. The van der Waals surface area contributed by atoms with Gasteiger partial charge in [0, 0.05) is 25.8 Å². The Hall–Kier alpha value is -0.710. The molecule has 1 aromatic rings. The second-order valence-electron chi connectivity index (χ2n) is 3.99. The zero-order valence-corrected chi connectivity index (χ0v) is 10.7. The van der Waals surface area contributed by atoms with Crippen LogP contribution in [0.15, 0.2) is 18.2 Å². The van der Waals surface area contributed by atoms with Crippen LogP contribution in [-0.4, -0.2) is 37.6 Å². The highest BCUT2D eigenvalue weighted by Gasteiger charge is 2.11. The molecule has 0 fully saturated rings. The maximum Gasteiger partial charge on any atom is 0.127 e. The van der Waals surface area contributed by atoms with Crippen LogP contribution in [0, 0.1) is 11.6 Å². The molecule has 1 rings (SSSR count). The molecular formula is C12H16ClF2NO. The van der Waals surface area contributed by atoms with Crippen LogP contribution in [0.5, 0.6) is 0 Å². The molecule has 0 N–H and O–H groups in total. The fourth-order valence-electron chi connectivity index (χ4n) is 1.59. The van der Waals surface area contributed by atoms with Gasteiger partial charge >= 0.3 is 0 Å². The number of alkyl halides is 1. The third-order valence-electron chi connectivity index (χ3n) is 2.31. The molecule has 1 unspecified atom stereocenters. The summed E-state index contributed by atoms with van der Waals surface area (Å²) in [5, 5.41) is -0.165. The summed E-state index contributed by atoms with van der Waals surface area (Å²) in [5.74, 6) is -0.842. The van der Waals surface area contributed by atoms with Crippen molar-refractivity contribution >= 4 is 11.6 Å². The Labute approximate surface area is 105 Å². The van der Waals surface area contributed by atoms with E-state index in [1.54, 1.807) is 14.2 Å². The molecule has 1 aromatic carbocycles. The van der Waals surface area contributed by atoms with Gasteiger partial charge in [0.2, 0.25) is 0 Å². The van der Waals surface area contributed by atoms with Gasteiger partial charge in [0.15, 0.2) is 0 Å². The third kappa shape index (κ3) is 4.98. The highest BCUT2D eigenvalue weighted by atomic mass is 35.5. The van der Waals surface area contributed by atoms with E-state index in [0.29, 0.717) is 25.3 Å². The van der Waals surface area contributed by atoms with Crippen molar-refractivity contribution in [2.45, 2.75) is 11.9 Å². The Morgan fingerprint density at radius 2 is 2.12 bits per heavy atom. The predicted molar refractivity (Wildman–Crippen MR) is 64.2 cm³/mol. The first-order chi connectivity index (χ1) is 8.02. The minimum absolute atomic E-state index is 0.165. The molecule has 17 heavy (non-hydrogen) atoms. The Morgan fingerprint density at radius 3 is 2.76 bits per heavy atom. The van der Waals surface area contributed by atoms with Gasteiger partial charge in [0.1, 0.15) is 11.6 Å². The minimum Gasteiger partial charge on any atom is -0.383 e. The molecule has 0 saturated carbocycles. The maximum absolute atomic E-state index is 13.4. The lowest BCUT2D eigenvalue weighted by Gasteiger charge is -2.20. The van der Waals surface area contributed by atoms with Gasteiger partial charge in [-0.2, -0.15) is 0 Å². The van der Waals surface area contributed by atoms with E-state index in [-0.39, 0.29) is 5.38 Å². The van der Waals surface area contributed by atoms with E-state index in [1.807, 2.05) is 4.90 Å². The van der Waals surface area contributed by atoms with Crippen LogP contribution in [0.4, 0.5) is 8.78 Å². The summed E-state index contributed by atoms with van der Waals surface area (Å²) >= 11 is 5.98. The molecule has 0 saturated heterocycles. The highest BCUT2D eigenvalue weighted by molar-refractivity contribution is 6.20. The topological polar surface area (TPSA) is 12.5 Å². The Kier molecular flexibility index (Phi) is 5.82. The highest BCUT2D eigenvalue weighted by Crippen LogP contribution is 2.12. The van der Waals surface area contributed by atoms with E-state index in [0.717, 1.165) is 12.1 Å². The molecule has 0 spiro atoms. The summed E-state index contributed by atoms with van der Waals surface area (Å²) in [7, 11) is 3.37. The van der Waals surface area contributed by atoms with Gasteiger partial charge in [0.25, 0.3) is 0 Å². The van der Waals surface area contributed by atoms with Crippen LogP contribution < -0.4 is 0 Å². The fraction of sp³-hybridized carbons (Fsp3) is 0.500. The summed E-state index contributed by atoms with van der Waals surface area (Å²) in [6.07, 6.45) is 0. The fourth-order valence-corrected chi connectivity index (χ4v) is 1.95. The SMILES string of the molecule is COCC(Cl)CN(C)Cc1cc(F)ccc1F. The molecule has 0 aliphatic carbocycles. The van der Waals surface area contributed by atoms with Crippen LogP contribution >= 0.6 is 11.6 Å². The van der Waals surface area contributed by atoms with Gasteiger partial charge in [0.05, 0.1) is 12.0 Å². The van der Waals surface area contributed by atoms with E-state index in [1.165, 1.54) is 6.07 Å². The standard InChI is InChI=1S/C12H16ClF2NO/c1-16(7-10(13)8-17-2)6-9-5-11(14)3-4-12(9)15/h3-5,10H,6-8H2,1-2H3. The number of hydrogen-bond acceptors (Lipinski definition) is 2. The first-order valence-electron chi connectivity index (χ1n) is 5.28. The number of halogens is 3. The monoisotopic (exact) mass is 263 g/mol. The van der Waals surface area contributed by atoms with Gasteiger partial charge in [-0.15, -0.1) is 11.6 Å². The van der Waals surface area contributed by atoms with Gasteiger partial charge in [-0.1, -0.05) is 0 Å². The summed E-state index contributed by atoms with van der Waals surface area (Å²) < 4.78 is 31.2. The number of hydrogen-bond donors (Lipinski definition) is 0. The molecule has 0 aromatic heterocycles. The number of ether oxygens (including phenoxy) is 1. The van der Waals surface area contributed by atoms with E-state index in [4.69, 9.17) is 16.3 Å². The molecule has 2 nitrogen and oxygen atoms in total. The Bertz CT molecular complexity index is 362. The average molecular weight is 264 g/mol. The van der Waals surface area contributed by atoms with Gasteiger partial charge in [-0.05, 0) is 25.2 Å². The largest absolute Gasteiger partial charge is 0.383 e. The molecule has 0 heterocycles. The van der Waals surface area contributed by atoms with E-state index in [2.05, 4.69) is 0 Å². The van der Waals surface area contributed by atoms with Crippen molar-refractivity contribution in [2.75, 3.05) is 27.3 Å². The number of rotatable bonds is 6. The summed E-state index contributed by atoms with van der Waals surface area (Å²) in [5.41, 5.74) is 0.328. The molecule has 0 aliphatic rings. The first kappa shape index (κ1) is 14.4. The molecule has 0 radical (unpaired) electrons. The van der Waals surface area contributed by atoms with Crippen LogP contribution in [0.1, 0.15) is 5.56 Å². The maximum atomic E-state index is 13.4. The molecule has 0 amide bonds. The van der Waals surface area contributed by atoms with Crippen molar-refractivity contribution in [1.82, 2.24) is 4.90 Å². The van der Waals surface area contributed by atoms with Gasteiger partial charge in [-0.25, -0.2) is 8.78 Å². The normalized spacial score (nSPS) is 13.1. The quantitative estimate of drug-likeness (QED) is 0.732. The molecule has 0 aliphatic heterocycles. The van der Waals surface area contributed by atoms with Crippen molar-refractivity contribution in [2.24, 2.45) is 0 Å². The molecule has 1 atom stereocenters. The van der Waals surface area contributed by atoms with Crippen molar-refractivity contribution in [3.05, 3.63) is 35.4 Å². The Balaban J connectivity index is 2.55. The van der Waals surface area contributed by atoms with Crippen molar-refractivity contribution < 1.29 is 13.5 Å². The lowest BCUT2D eigenvalue weighted by molar-refractivity contribution is 0.181. The van der Waals surface area contributed by atoms with E-state index < -0.39 is 11.6 Å². The molecule has 0 bridgehead atoms. The van der Waals surface area contributed by atoms with Gasteiger partial charge in [-0.3, -0.25) is 0 Å². The second-order valence-corrected chi connectivity index (χ2v) is 4.60. The van der Waals surface area contributed by atoms with Crippen LogP contribution in [0.3, 0.4) is 0 Å². The van der Waals surface area contributed by atoms with Gasteiger partial charge < -0.3 is 9.64 Å². The molecule has 96 valence electrons. The van der Waals surface area contributed by atoms with Crippen molar-refractivity contribution in [3.63, 3.8) is 0 Å². The lowest BCUT2D eigenvalue weighted by Crippen LogP contribution is -2.28. The zero-order chi connectivity index (χ0) is 12.8. The van der Waals surface area contributed by atoms with Crippen LogP contribution in [0.2, 0.25) is 0 Å². The first-order valence-corrected chi connectivity index (χ1v) is 5.72. The molecule has 5 heteroatoms. The third-order valence-corrected chi connectivity index (χ3v) is 2.57. The average Bonchev–Trinajstić information content (AvgIpc) is 2.23. The number of nitrogens with zero attached hydrogens (tertiary/aromatic N) is 1. The van der Waals surface area contributed by atoms with Crippen LogP contribution in [0.25, 0.3) is 0 Å². The van der Waals surface area contributed by atoms with E-state index in [9.17, 15) is 8.78 Å². The van der Waals surface area contributed by atoms with E-state index >= 15 is 0 Å². The smallest absolute Gasteiger partial charge is 0.127 e. The minimum atomic E-state index is -0.436. The lowest BCUT2D eigenvalue weighted by atomic mass is 10.2. The van der Waals surface area contributed by atoms with Crippen LogP contribution in [-0.2, 0) is 11.3 Å². The summed E-state index contributed by atoms with van der Waals surface area (Å²) in [4.78, 5) is 1.83. The van der Waals surface area contributed by atoms with Crippen molar-refractivity contribution in [1.29, 1.82) is 0 Å². The van der Waals surface area contributed by atoms with Crippen molar-refractivity contribution in [3.8, 4) is 0 Å². The zero-order valence-electron chi connectivity index (χ0n) is 9.92. The second kappa shape index (κ2) is 6.89. The number of methoxy groups -OCH3 is 1. The summed E-state index contributed by atoms with van der Waals surface area (Å²) in [6.45, 7) is 1.29. The molecular weight excluding hydrogens is 248 g/mol. The Morgan fingerprint density at radius 1 is 1.41 bits per heavy atom. The number of benzene rings is 1.